The summed E-state index contributed by atoms with van der Waals surface area (Å²) in [6, 6.07) is 4.53. The largest absolute Gasteiger partial charge is 0.523 e. The number of carbonyl (C=O) groups excluding carboxylic acids is 1. The van der Waals surface area contributed by atoms with Crippen LogP contribution in [-0.2, 0) is 38.1 Å². The molecule has 1 aromatic carbocycles. The molecule has 1 rings (SSSR count). The van der Waals surface area contributed by atoms with Crippen molar-refractivity contribution in [2.45, 2.75) is 24.0 Å². The molecule has 2 atom stereocenters. The highest BCUT2D eigenvalue weighted by Crippen LogP contribution is 2.37. The van der Waals surface area contributed by atoms with Gasteiger partial charge in [0.1, 0.15) is 12.0 Å². The molecular formula is C14H13BrF6O8S2. The molecule has 0 saturated heterocycles. The van der Waals surface area contributed by atoms with E-state index in [9.17, 15) is 48.0 Å². The second-order valence-corrected chi connectivity index (χ2v) is 9.60. The van der Waals surface area contributed by atoms with Gasteiger partial charge in [-0.3, -0.25) is 13.2 Å². The molecular weight excluding hydrogens is 554 g/mol. The summed E-state index contributed by atoms with van der Waals surface area (Å²) in [5.41, 5.74) is -12.3. The van der Waals surface area contributed by atoms with Crippen molar-refractivity contribution in [2.24, 2.45) is 5.92 Å². The smallest absolute Gasteiger partial charge is 0.466 e. The maximum Gasteiger partial charge on any atom is 0.523 e. The highest BCUT2D eigenvalue weighted by Gasteiger charge is 2.52. The van der Waals surface area contributed by atoms with Gasteiger partial charge in [-0.2, -0.15) is 43.2 Å². The molecule has 0 radical (unpaired) electrons. The number of halogens is 7. The second-order valence-electron chi connectivity index (χ2n) is 5.51. The fraction of sp³-hybridized carbons (Fsp3) is 0.500. The molecule has 0 aliphatic carbocycles. The molecule has 0 N–H and O–H groups in total. The zero-order valence-electron chi connectivity index (χ0n) is 15.1. The summed E-state index contributed by atoms with van der Waals surface area (Å²) in [6.45, 7) is -0.937. The third kappa shape index (κ3) is 7.30. The molecule has 0 heterocycles. The van der Waals surface area contributed by atoms with Crippen molar-refractivity contribution in [1.29, 1.82) is 0 Å². The maximum atomic E-state index is 12.8. The number of benzene rings is 1. The van der Waals surface area contributed by atoms with Crippen LogP contribution in [0.5, 0.6) is 0 Å². The van der Waals surface area contributed by atoms with Crippen LogP contribution in [-0.4, -0.2) is 47.0 Å². The normalized spacial score (nSPS) is 15.4. The standard InChI is InChI=1S/C14H13BrF6O8S2/c1-2-27-12(22)10(7-28-30(23,24)13(16,17)18)11(8-4-3-5-9(15)6-8)29-31(25,26)14(19,20)21/h3-6,10-11H,2,7H2,1H3. The van der Waals surface area contributed by atoms with Crippen LogP contribution < -0.4 is 0 Å². The molecule has 0 spiro atoms. The Hall–Kier alpha value is -1.43. The Balaban J connectivity index is 3.52. The van der Waals surface area contributed by atoms with Gasteiger partial charge in [0.15, 0.2) is 0 Å². The summed E-state index contributed by atoms with van der Waals surface area (Å²) >= 11 is 2.94. The van der Waals surface area contributed by atoms with E-state index in [1.807, 2.05) is 0 Å². The monoisotopic (exact) mass is 566 g/mol. The third-order valence-corrected chi connectivity index (χ3v) is 5.87. The first kappa shape index (κ1) is 27.6. The van der Waals surface area contributed by atoms with Crippen molar-refractivity contribution < 1.29 is 61.1 Å². The van der Waals surface area contributed by atoms with Gasteiger partial charge in [-0.1, -0.05) is 28.1 Å². The Bertz CT molecular complexity index is 991. The molecule has 0 aromatic heterocycles. The lowest BCUT2D eigenvalue weighted by Gasteiger charge is -2.26. The minimum absolute atomic E-state index is 0.162. The van der Waals surface area contributed by atoms with Crippen molar-refractivity contribution in [3.63, 3.8) is 0 Å². The average molecular weight is 567 g/mol. The lowest BCUT2D eigenvalue weighted by Crippen LogP contribution is -2.37. The number of esters is 1. The van der Waals surface area contributed by atoms with Crippen LogP contribution in [0.2, 0.25) is 0 Å². The maximum absolute atomic E-state index is 12.8. The van der Waals surface area contributed by atoms with Gasteiger partial charge < -0.3 is 4.74 Å². The number of hydrogen-bond donors (Lipinski definition) is 0. The molecule has 0 aliphatic heterocycles. The second kappa shape index (κ2) is 10.0. The van der Waals surface area contributed by atoms with Gasteiger partial charge in [0.05, 0.1) is 13.2 Å². The van der Waals surface area contributed by atoms with Gasteiger partial charge in [-0.05, 0) is 24.6 Å². The average Bonchev–Trinajstić information content (AvgIpc) is 2.59. The molecule has 0 bridgehead atoms. The van der Waals surface area contributed by atoms with E-state index >= 15 is 0 Å². The summed E-state index contributed by atoms with van der Waals surface area (Å²) in [7, 11) is -12.7. The summed E-state index contributed by atoms with van der Waals surface area (Å²) < 4.78 is 134. The van der Waals surface area contributed by atoms with E-state index in [1.165, 1.54) is 19.1 Å². The van der Waals surface area contributed by atoms with Crippen molar-refractivity contribution in [1.82, 2.24) is 0 Å². The van der Waals surface area contributed by atoms with E-state index in [0.717, 1.165) is 12.1 Å². The van der Waals surface area contributed by atoms with E-state index in [-0.39, 0.29) is 4.47 Å². The fourth-order valence-electron chi connectivity index (χ4n) is 1.99. The van der Waals surface area contributed by atoms with Crippen LogP contribution in [0.1, 0.15) is 18.6 Å². The number of ether oxygens (including phenoxy) is 1. The van der Waals surface area contributed by atoms with Gasteiger partial charge in [-0.25, -0.2) is 0 Å². The first-order chi connectivity index (χ1) is 13.9. The third-order valence-electron chi connectivity index (χ3n) is 3.33. The lowest BCUT2D eigenvalue weighted by molar-refractivity contribution is -0.153. The summed E-state index contributed by atoms with van der Waals surface area (Å²) in [4.78, 5) is 12.2. The minimum atomic E-state index is -6.38. The fourth-order valence-corrected chi connectivity index (χ4v) is 3.49. The molecule has 178 valence electrons. The van der Waals surface area contributed by atoms with Gasteiger partial charge in [0.2, 0.25) is 0 Å². The van der Waals surface area contributed by atoms with Gasteiger partial charge in [0.25, 0.3) is 0 Å². The number of carbonyl (C=O) groups is 1. The van der Waals surface area contributed by atoms with Crippen molar-refractivity contribution in [3.05, 3.63) is 34.3 Å². The SMILES string of the molecule is CCOC(=O)C(COS(=O)(=O)C(F)(F)F)C(OS(=O)(=O)C(F)(F)F)c1cccc(Br)c1. The number of alkyl halides is 6. The van der Waals surface area contributed by atoms with Crippen LogP contribution in [0.4, 0.5) is 26.3 Å². The predicted octanol–water partition coefficient (Wildman–Crippen LogP) is 3.40. The van der Waals surface area contributed by atoms with Gasteiger partial charge >= 0.3 is 37.2 Å². The molecule has 0 fully saturated rings. The van der Waals surface area contributed by atoms with Crippen LogP contribution in [0.25, 0.3) is 0 Å². The molecule has 17 heteroatoms. The molecule has 31 heavy (non-hydrogen) atoms. The summed E-state index contributed by atoms with van der Waals surface area (Å²) in [5, 5.41) is 0. The molecule has 0 saturated carbocycles. The quantitative estimate of drug-likeness (QED) is 0.193. The molecule has 1 aromatic rings. The van der Waals surface area contributed by atoms with E-state index in [1.54, 1.807) is 0 Å². The van der Waals surface area contributed by atoms with Gasteiger partial charge in [-0.15, -0.1) is 0 Å². The zero-order chi connectivity index (χ0) is 24.3. The Morgan fingerprint density at radius 2 is 1.58 bits per heavy atom. The zero-order valence-corrected chi connectivity index (χ0v) is 18.3. The lowest BCUT2D eigenvalue weighted by atomic mass is 9.96. The topological polar surface area (TPSA) is 113 Å². The summed E-state index contributed by atoms with van der Waals surface area (Å²) in [5.74, 6) is -3.93. The first-order valence-electron chi connectivity index (χ1n) is 7.80. The minimum Gasteiger partial charge on any atom is -0.466 e. The van der Waals surface area contributed by atoms with Crippen molar-refractivity contribution >= 4 is 42.1 Å². The predicted molar refractivity (Wildman–Crippen MR) is 94.0 cm³/mol. The van der Waals surface area contributed by atoms with Crippen LogP contribution in [0, 0.1) is 5.92 Å². The van der Waals surface area contributed by atoms with E-state index in [2.05, 4.69) is 29.0 Å². The summed E-state index contributed by atoms with van der Waals surface area (Å²) in [6.07, 6.45) is -2.45. The Kier molecular flexibility index (Phi) is 8.92. The molecule has 0 amide bonds. The van der Waals surface area contributed by atoms with Crippen molar-refractivity contribution in [3.8, 4) is 0 Å². The number of hydrogen-bond acceptors (Lipinski definition) is 8. The highest BCUT2D eigenvalue weighted by molar-refractivity contribution is 9.10. The Labute approximate surface area is 180 Å². The first-order valence-corrected chi connectivity index (χ1v) is 11.4. The van der Waals surface area contributed by atoms with E-state index < -0.39 is 68.0 Å². The highest BCUT2D eigenvalue weighted by atomic mass is 79.9. The Morgan fingerprint density at radius 3 is 2.03 bits per heavy atom. The van der Waals surface area contributed by atoms with E-state index in [0.29, 0.717) is 0 Å². The number of rotatable bonds is 9. The van der Waals surface area contributed by atoms with Gasteiger partial charge in [0, 0.05) is 4.47 Å². The van der Waals surface area contributed by atoms with E-state index in [4.69, 9.17) is 0 Å². The van der Waals surface area contributed by atoms with Crippen LogP contribution >= 0.6 is 15.9 Å². The molecule has 8 nitrogen and oxygen atoms in total. The molecule has 2 unspecified atom stereocenters. The van der Waals surface area contributed by atoms with Crippen LogP contribution in [0.15, 0.2) is 28.7 Å². The molecule has 0 aliphatic rings. The van der Waals surface area contributed by atoms with Crippen molar-refractivity contribution in [2.75, 3.05) is 13.2 Å². The Morgan fingerprint density at radius 1 is 1.03 bits per heavy atom. The van der Waals surface area contributed by atoms with Crippen LogP contribution in [0.3, 0.4) is 0 Å².